The molecule has 0 spiro atoms. The maximum Gasteiger partial charge on any atom is 0.255 e. The molecule has 1 aliphatic heterocycles. The van der Waals surface area contributed by atoms with Crippen LogP contribution in [0.15, 0.2) is 35.3 Å². The van der Waals surface area contributed by atoms with Crippen molar-refractivity contribution in [3.8, 4) is 11.4 Å². The number of rotatable bonds is 3. The van der Waals surface area contributed by atoms with Gasteiger partial charge in [0.15, 0.2) is 0 Å². The van der Waals surface area contributed by atoms with E-state index in [1.165, 1.54) is 0 Å². The summed E-state index contributed by atoms with van der Waals surface area (Å²) in [7, 11) is 0. The van der Waals surface area contributed by atoms with Crippen molar-refractivity contribution >= 4 is 23.2 Å². The van der Waals surface area contributed by atoms with Crippen molar-refractivity contribution in [1.29, 1.82) is 0 Å². The third-order valence-corrected chi connectivity index (χ3v) is 4.89. The average molecular weight is 376 g/mol. The second-order valence-electron chi connectivity index (χ2n) is 6.00. The van der Waals surface area contributed by atoms with Gasteiger partial charge in [-0.05, 0) is 24.3 Å². The van der Waals surface area contributed by atoms with E-state index in [1.54, 1.807) is 18.3 Å². The third-order valence-electron chi connectivity index (χ3n) is 4.31. The molecular formula is C17H15Cl2N5O. The molecule has 2 N–H and O–H groups in total. The van der Waals surface area contributed by atoms with Crippen LogP contribution in [-0.4, -0.2) is 31.6 Å². The second kappa shape index (κ2) is 6.63. The summed E-state index contributed by atoms with van der Waals surface area (Å²) >= 11 is 12.0. The Kier molecular flexibility index (Phi) is 4.33. The van der Waals surface area contributed by atoms with Crippen molar-refractivity contribution in [3.05, 3.63) is 67.8 Å². The first-order chi connectivity index (χ1) is 12.1. The van der Waals surface area contributed by atoms with Crippen LogP contribution < -0.4 is 5.56 Å². The number of halogens is 2. The minimum absolute atomic E-state index is 0.102. The lowest BCUT2D eigenvalue weighted by Crippen LogP contribution is -2.35. The van der Waals surface area contributed by atoms with E-state index in [-0.39, 0.29) is 5.56 Å². The lowest BCUT2D eigenvalue weighted by molar-refractivity contribution is 0.239. The maximum atomic E-state index is 12.5. The molecule has 0 radical (unpaired) electrons. The number of H-pyrrole nitrogens is 2. The number of hydrogen-bond donors (Lipinski definition) is 2. The molecular weight excluding hydrogens is 361 g/mol. The molecule has 0 aliphatic carbocycles. The van der Waals surface area contributed by atoms with Gasteiger partial charge >= 0.3 is 0 Å². The number of nitrogens with one attached hydrogen (secondary N) is 2. The number of nitrogens with zero attached hydrogens (tertiary/aromatic N) is 3. The van der Waals surface area contributed by atoms with E-state index >= 15 is 0 Å². The maximum absolute atomic E-state index is 12.5. The van der Waals surface area contributed by atoms with E-state index in [1.807, 2.05) is 12.1 Å². The Bertz CT molecular complexity index is 964. The Hall–Kier alpha value is -2.15. The van der Waals surface area contributed by atoms with Gasteiger partial charge in [0, 0.05) is 36.6 Å². The fourth-order valence-electron chi connectivity index (χ4n) is 2.99. The summed E-state index contributed by atoms with van der Waals surface area (Å²) in [4.78, 5) is 22.2. The van der Waals surface area contributed by atoms with Crippen LogP contribution in [-0.2, 0) is 19.5 Å². The van der Waals surface area contributed by atoms with Crippen molar-refractivity contribution in [2.75, 3.05) is 6.54 Å². The first kappa shape index (κ1) is 16.3. The fraction of sp³-hybridized carbons (Fsp3) is 0.235. The predicted molar refractivity (Wildman–Crippen MR) is 96.7 cm³/mol. The van der Waals surface area contributed by atoms with Gasteiger partial charge in [-0.1, -0.05) is 23.2 Å². The number of aromatic amines is 2. The highest BCUT2D eigenvalue weighted by Gasteiger charge is 2.22. The Labute approximate surface area is 153 Å². The van der Waals surface area contributed by atoms with Gasteiger partial charge < -0.3 is 4.98 Å². The fourth-order valence-corrected chi connectivity index (χ4v) is 3.27. The first-order valence-electron chi connectivity index (χ1n) is 7.88. The van der Waals surface area contributed by atoms with Crippen LogP contribution in [0.25, 0.3) is 11.4 Å². The van der Waals surface area contributed by atoms with E-state index < -0.39 is 0 Å². The average Bonchev–Trinajstić information content (AvgIpc) is 3.01. The van der Waals surface area contributed by atoms with Crippen LogP contribution in [0, 0.1) is 0 Å². The summed E-state index contributed by atoms with van der Waals surface area (Å²) in [5, 5.41) is 8.08. The molecule has 1 aromatic carbocycles. The monoisotopic (exact) mass is 375 g/mol. The number of benzene rings is 1. The summed E-state index contributed by atoms with van der Waals surface area (Å²) in [6, 6.07) is 7.27. The minimum Gasteiger partial charge on any atom is -0.306 e. The minimum atomic E-state index is -0.102. The smallest absolute Gasteiger partial charge is 0.255 e. The van der Waals surface area contributed by atoms with Gasteiger partial charge in [-0.15, -0.1) is 0 Å². The molecule has 0 unspecified atom stereocenters. The first-order valence-corrected chi connectivity index (χ1v) is 8.64. The largest absolute Gasteiger partial charge is 0.306 e. The van der Waals surface area contributed by atoms with Gasteiger partial charge in [0.25, 0.3) is 5.56 Å². The zero-order valence-corrected chi connectivity index (χ0v) is 14.7. The van der Waals surface area contributed by atoms with E-state index in [9.17, 15) is 4.79 Å². The molecule has 2 aromatic heterocycles. The van der Waals surface area contributed by atoms with Crippen molar-refractivity contribution < 1.29 is 0 Å². The van der Waals surface area contributed by atoms with Crippen LogP contribution in [0.2, 0.25) is 10.0 Å². The Morgan fingerprint density at radius 3 is 2.72 bits per heavy atom. The molecule has 0 bridgehead atoms. The Morgan fingerprint density at radius 1 is 1.20 bits per heavy atom. The molecule has 0 amide bonds. The lowest BCUT2D eigenvalue weighted by Gasteiger charge is -2.27. The van der Waals surface area contributed by atoms with Crippen LogP contribution >= 0.6 is 23.2 Å². The molecule has 0 saturated carbocycles. The Morgan fingerprint density at radius 2 is 2.00 bits per heavy atom. The van der Waals surface area contributed by atoms with Crippen LogP contribution in [0.4, 0.5) is 0 Å². The van der Waals surface area contributed by atoms with E-state index in [0.29, 0.717) is 40.9 Å². The van der Waals surface area contributed by atoms with Gasteiger partial charge in [0.2, 0.25) is 0 Å². The van der Waals surface area contributed by atoms with Crippen LogP contribution in [0.3, 0.4) is 0 Å². The van der Waals surface area contributed by atoms with Crippen molar-refractivity contribution in [1.82, 2.24) is 25.1 Å². The summed E-state index contributed by atoms with van der Waals surface area (Å²) in [6.45, 7) is 1.96. The molecule has 3 heterocycles. The molecule has 8 heteroatoms. The highest BCUT2D eigenvalue weighted by Crippen LogP contribution is 2.22. The van der Waals surface area contributed by atoms with Gasteiger partial charge in [0.1, 0.15) is 5.82 Å². The summed E-state index contributed by atoms with van der Waals surface area (Å²) in [5.74, 6) is 0.575. The molecule has 25 heavy (non-hydrogen) atoms. The number of fused-ring (bicyclic) bond motifs is 1. The van der Waals surface area contributed by atoms with Gasteiger partial charge in [-0.2, -0.15) is 5.10 Å². The normalized spacial score (nSPS) is 14.5. The predicted octanol–water partition coefficient (Wildman–Crippen LogP) is 3.03. The molecule has 4 rings (SSSR count). The summed E-state index contributed by atoms with van der Waals surface area (Å²) in [6.07, 6.45) is 2.30. The molecule has 0 fully saturated rings. The van der Waals surface area contributed by atoms with Gasteiger partial charge in [-0.25, -0.2) is 4.98 Å². The Balaban J connectivity index is 1.60. The standard InChI is InChI=1S/C17H15Cl2N5O/c18-11-3-1-10(2-4-11)16-21-14-5-6-24(8-12(14)17(25)22-16)9-15-13(19)7-20-23-15/h1-4,7H,5-6,8-9H2,(H,20,23)(H,21,22,25). The van der Waals surface area contributed by atoms with Crippen molar-refractivity contribution in [2.45, 2.75) is 19.5 Å². The molecule has 128 valence electrons. The van der Waals surface area contributed by atoms with E-state index in [2.05, 4.69) is 25.1 Å². The van der Waals surface area contributed by atoms with Gasteiger partial charge in [-0.3, -0.25) is 14.8 Å². The lowest BCUT2D eigenvalue weighted by atomic mass is 10.1. The highest BCUT2D eigenvalue weighted by molar-refractivity contribution is 6.31. The molecule has 0 saturated heterocycles. The SMILES string of the molecule is O=c1[nH]c(-c2ccc(Cl)cc2)nc2c1CN(Cc1[nH]ncc1Cl)CC2. The molecule has 6 nitrogen and oxygen atoms in total. The topological polar surface area (TPSA) is 77.7 Å². The summed E-state index contributed by atoms with van der Waals surface area (Å²) < 4.78 is 0. The van der Waals surface area contributed by atoms with Crippen molar-refractivity contribution in [2.24, 2.45) is 0 Å². The van der Waals surface area contributed by atoms with Gasteiger partial charge in [0.05, 0.1) is 28.2 Å². The summed E-state index contributed by atoms with van der Waals surface area (Å²) in [5.41, 5.74) is 3.15. The molecule has 1 aliphatic rings. The third kappa shape index (κ3) is 3.33. The number of hydrogen-bond acceptors (Lipinski definition) is 4. The van der Waals surface area contributed by atoms with Crippen LogP contribution in [0.1, 0.15) is 17.0 Å². The highest BCUT2D eigenvalue weighted by atomic mass is 35.5. The zero-order valence-electron chi connectivity index (χ0n) is 13.2. The quantitative estimate of drug-likeness (QED) is 0.737. The van der Waals surface area contributed by atoms with E-state index in [4.69, 9.17) is 23.2 Å². The second-order valence-corrected chi connectivity index (χ2v) is 6.85. The molecule has 0 atom stereocenters. The van der Waals surface area contributed by atoms with Crippen LogP contribution in [0.5, 0.6) is 0 Å². The van der Waals surface area contributed by atoms with E-state index in [0.717, 1.165) is 23.5 Å². The molecule has 3 aromatic rings. The zero-order chi connectivity index (χ0) is 17.4. The number of aromatic nitrogens is 4. The van der Waals surface area contributed by atoms with Crippen molar-refractivity contribution in [3.63, 3.8) is 0 Å².